The Kier molecular flexibility index (Phi) is 4.33. The van der Waals surface area contributed by atoms with Crippen molar-refractivity contribution in [1.82, 2.24) is 14.9 Å². The molecule has 0 aliphatic carbocycles. The van der Waals surface area contributed by atoms with Crippen LogP contribution in [0.5, 0.6) is 0 Å². The third kappa shape index (κ3) is 3.24. The van der Waals surface area contributed by atoms with Gasteiger partial charge in [-0.25, -0.2) is 13.8 Å². The van der Waals surface area contributed by atoms with E-state index in [0.717, 1.165) is 38.1 Å². The first-order valence-electron chi connectivity index (χ1n) is 7.28. The molecule has 4 nitrogen and oxygen atoms in total. The number of thioether (sulfide) groups is 1. The zero-order valence-corrected chi connectivity index (χ0v) is 13.1. The first kappa shape index (κ1) is 15.3. The number of aromatic nitrogens is 2. The van der Waals surface area contributed by atoms with Crippen LogP contribution in [-0.2, 0) is 4.79 Å². The van der Waals surface area contributed by atoms with Gasteiger partial charge in [0.25, 0.3) is 0 Å². The molecule has 1 aliphatic heterocycles. The molecule has 1 unspecified atom stereocenters. The van der Waals surface area contributed by atoms with Crippen LogP contribution in [-0.4, -0.2) is 39.6 Å². The highest BCUT2D eigenvalue weighted by molar-refractivity contribution is 7.99. The molecule has 2 aromatic rings. The number of amides is 1. The van der Waals surface area contributed by atoms with E-state index in [4.69, 9.17) is 0 Å². The maximum Gasteiger partial charge on any atom is 0.233 e. The summed E-state index contributed by atoms with van der Waals surface area (Å²) in [6, 6.07) is 2.13. The first-order valence-corrected chi connectivity index (χ1v) is 8.27. The monoisotopic (exact) mass is 325 g/mol. The third-order valence-electron chi connectivity index (χ3n) is 3.84. The maximum absolute atomic E-state index is 13.2. The summed E-state index contributed by atoms with van der Waals surface area (Å²) in [6.07, 6.45) is 2.21. The van der Waals surface area contributed by atoms with Crippen LogP contribution in [0, 0.1) is 17.6 Å². The van der Waals surface area contributed by atoms with Crippen molar-refractivity contribution < 1.29 is 13.6 Å². The molecule has 0 saturated carbocycles. The standard InChI is InChI=1S/C15H17F2N3OS/c1-9-3-2-4-20(7-9)14(21)8-22-15-18-12-5-10(16)11(17)6-13(12)19-15/h5-6,9H,2-4,7-8H2,1H3,(H,18,19). The molecule has 1 saturated heterocycles. The predicted octanol–water partition coefficient (Wildman–Crippen LogP) is 3.19. The number of aromatic amines is 1. The number of nitrogens with one attached hydrogen (secondary N) is 1. The van der Waals surface area contributed by atoms with E-state index < -0.39 is 11.6 Å². The zero-order chi connectivity index (χ0) is 15.7. The molecule has 1 aromatic heterocycles. The zero-order valence-electron chi connectivity index (χ0n) is 12.2. The van der Waals surface area contributed by atoms with Gasteiger partial charge in [0.05, 0.1) is 16.8 Å². The van der Waals surface area contributed by atoms with Gasteiger partial charge in [-0.1, -0.05) is 18.7 Å². The van der Waals surface area contributed by atoms with Gasteiger partial charge in [0, 0.05) is 25.2 Å². The van der Waals surface area contributed by atoms with E-state index in [0.29, 0.717) is 22.1 Å². The summed E-state index contributed by atoms with van der Waals surface area (Å²) in [5, 5.41) is 0.499. The van der Waals surface area contributed by atoms with Gasteiger partial charge in [-0.2, -0.15) is 0 Å². The van der Waals surface area contributed by atoms with Crippen molar-refractivity contribution in [2.75, 3.05) is 18.8 Å². The van der Waals surface area contributed by atoms with Crippen molar-refractivity contribution in [3.8, 4) is 0 Å². The third-order valence-corrected chi connectivity index (χ3v) is 4.70. The summed E-state index contributed by atoms with van der Waals surface area (Å²) in [5.41, 5.74) is 0.792. The van der Waals surface area contributed by atoms with E-state index >= 15 is 0 Å². The molecule has 1 fully saturated rings. The molecule has 0 bridgehead atoms. The molecular formula is C15H17F2N3OS. The lowest BCUT2D eigenvalue weighted by molar-refractivity contribution is -0.130. The van der Waals surface area contributed by atoms with E-state index in [1.165, 1.54) is 11.8 Å². The topological polar surface area (TPSA) is 49.0 Å². The molecule has 1 N–H and O–H groups in total. The number of fused-ring (bicyclic) bond motifs is 1. The smallest absolute Gasteiger partial charge is 0.233 e. The van der Waals surface area contributed by atoms with E-state index in [1.807, 2.05) is 4.90 Å². The van der Waals surface area contributed by atoms with Gasteiger partial charge in [0.2, 0.25) is 5.91 Å². The summed E-state index contributed by atoms with van der Waals surface area (Å²) in [7, 11) is 0. The highest BCUT2D eigenvalue weighted by Gasteiger charge is 2.21. The molecule has 118 valence electrons. The lowest BCUT2D eigenvalue weighted by atomic mass is 10.0. The summed E-state index contributed by atoms with van der Waals surface area (Å²) in [5.74, 6) is -0.938. The van der Waals surface area contributed by atoms with E-state index in [9.17, 15) is 13.6 Å². The molecule has 22 heavy (non-hydrogen) atoms. The number of halogens is 2. The van der Waals surface area contributed by atoms with Gasteiger partial charge in [0.1, 0.15) is 0 Å². The van der Waals surface area contributed by atoms with Crippen molar-refractivity contribution in [3.05, 3.63) is 23.8 Å². The fourth-order valence-electron chi connectivity index (χ4n) is 2.69. The second-order valence-corrected chi connectivity index (χ2v) is 6.67. The number of hydrogen-bond acceptors (Lipinski definition) is 3. The van der Waals surface area contributed by atoms with E-state index in [2.05, 4.69) is 16.9 Å². The molecule has 7 heteroatoms. The van der Waals surface area contributed by atoms with Crippen LogP contribution in [0.4, 0.5) is 8.78 Å². The molecule has 1 aliphatic rings. The minimum Gasteiger partial charge on any atom is -0.342 e. The number of likely N-dealkylation sites (tertiary alicyclic amines) is 1. The summed E-state index contributed by atoms with van der Waals surface area (Å²) >= 11 is 1.26. The molecule has 0 spiro atoms. The molecule has 1 aromatic carbocycles. The number of carbonyl (C=O) groups is 1. The minimum atomic E-state index is -0.922. The molecular weight excluding hydrogens is 308 g/mol. The number of nitrogens with zero attached hydrogens (tertiary/aromatic N) is 2. The summed E-state index contributed by atoms with van der Waals surface area (Å²) in [6.45, 7) is 3.76. The Balaban J connectivity index is 1.65. The Morgan fingerprint density at radius 1 is 1.45 bits per heavy atom. The highest BCUT2D eigenvalue weighted by Crippen LogP contribution is 2.23. The Hall–Kier alpha value is -1.63. The highest BCUT2D eigenvalue weighted by atomic mass is 32.2. The number of imidazole rings is 1. The van der Waals surface area contributed by atoms with Crippen LogP contribution >= 0.6 is 11.8 Å². The van der Waals surface area contributed by atoms with Crippen molar-refractivity contribution in [1.29, 1.82) is 0 Å². The Labute approximate surface area is 131 Å². The molecule has 0 radical (unpaired) electrons. The van der Waals surface area contributed by atoms with Gasteiger partial charge < -0.3 is 9.88 Å². The second kappa shape index (κ2) is 6.24. The Morgan fingerprint density at radius 2 is 2.23 bits per heavy atom. The van der Waals surface area contributed by atoms with Gasteiger partial charge in [-0.3, -0.25) is 4.79 Å². The van der Waals surface area contributed by atoms with Crippen LogP contribution in [0.2, 0.25) is 0 Å². The van der Waals surface area contributed by atoms with Crippen molar-refractivity contribution in [2.45, 2.75) is 24.9 Å². The average Bonchev–Trinajstić information content (AvgIpc) is 2.87. The second-order valence-electron chi connectivity index (χ2n) is 5.70. The van der Waals surface area contributed by atoms with Gasteiger partial charge in [0.15, 0.2) is 16.8 Å². The van der Waals surface area contributed by atoms with Crippen LogP contribution in [0.15, 0.2) is 17.3 Å². The van der Waals surface area contributed by atoms with Crippen LogP contribution < -0.4 is 0 Å². The van der Waals surface area contributed by atoms with Crippen LogP contribution in [0.3, 0.4) is 0 Å². The lowest BCUT2D eigenvalue weighted by Gasteiger charge is -2.30. The number of benzene rings is 1. The SMILES string of the molecule is CC1CCCN(C(=O)CSc2nc3cc(F)c(F)cc3[nH]2)C1. The normalized spacial score (nSPS) is 18.9. The van der Waals surface area contributed by atoms with Crippen molar-refractivity contribution in [2.24, 2.45) is 5.92 Å². The summed E-state index contributed by atoms with van der Waals surface area (Å²) < 4.78 is 26.3. The van der Waals surface area contributed by atoms with Gasteiger partial charge in [-0.15, -0.1) is 0 Å². The Bertz CT molecular complexity index is 664. The van der Waals surface area contributed by atoms with E-state index in [1.54, 1.807) is 0 Å². The fourth-order valence-corrected chi connectivity index (χ4v) is 3.47. The van der Waals surface area contributed by atoms with E-state index in [-0.39, 0.29) is 11.7 Å². The number of carbonyl (C=O) groups excluding carboxylic acids is 1. The number of rotatable bonds is 3. The fraction of sp³-hybridized carbons (Fsp3) is 0.467. The predicted molar refractivity (Wildman–Crippen MR) is 81.7 cm³/mol. The number of hydrogen-bond donors (Lipinski definition) is 1. The molecule has 3 rings (SSSR count). The van der Waals surface area contributed by atoms with Crippen molar-refractivity contribution >= 4 is 28.7 Å². The largest absolute Gasteiger partial charge is 0.342 e. The van der Waals surface area contributed by atoms with Crippen molar-refractivity contribution in [3.63, 3.8) is 0 Å². The molecule has 1 amide bonds. The van der Waals surface area contributed by atoms with Gasteiger partial charge in [-0.05, 0) is 18.8 Å². The van der Waals surface area contributed by atoms with Crippen LogP contribution in [0.25, 0.3) is 11.0 Å². The molecule has 1 atom stereocenters. The summed E-state index contributed by atoms with van der Waals surface area (Å²) in [4.78, 5) is 21.1. The maximum atomic E-state index is 13.2. The minimum absolute atomic E-state index is 0.0781. The Morgan fingerprint density at radius 3 is 3.00 bits per heavy atom. The number of H-pyrrole nitrogens is 1. The van der Waals surface area contributed by atoms with Gasteiger partial charge >= 0.3 is 0 Å². The molecule has 2 heterocycles. The number of piperidine rings is 1. The lowest BCUT2D eigenvalue weighted by Crippen LogP contribution is -2.40. The average molecular weight is 325 g/mol. The van der Waals surface area contributed by atoms with Crippen LogP contribution in [0.1, 0.15) is 19.8 Å². The quantitative estimate of drug-likeness (QED) is 0.882. The first-order chi connectivity index (χ1) is 10.5.